The third-order valence-electron chi connectivity index (χ3n) is 3.82. The fourth-order valence-electron chi connectivity index (χ4n) is 2.63. The molecule has 2 aliphatic rings. The lowest BCUT2D eigenvalue weighted by Crippen LogP contribution is -2.37. The van der Waals surface area contributed by atoms with Crippen molar-refractivity contribution in [3.63, 3.8) is 0 Å². The topological polar surface area (TPSA) is 79.4 Å². The summed E-state index contributed by atoms with van der Waals surface area (Å²) in [6, 6.07) is 0. The molecule has 4 heterocycles. The molecule has 0 spiro atoms. The number of hydrogen-bond acceptors (Lipinski definition) is 7. The zero-order valence-corrected chi connectivity index (χ0v) is 11.8. The number of rotatable bonds is 2. The zero-order chi connectivity index (χ0) is 14.1. The highest BCUT2D eigenvalue weighted by Gasteiger charge is 2.18. The molecule has 0 aliphatic carbocycles. The Morgan fingerprint density at radius 3 is 2.29 bits per heavy atom. The maximum Gasteiger partial charge on any atom is 0.227 e. The van der Waals surface area contributed by atoms with Crippen LogP contribution < -0.4 is 9.80 Å². The summed E-state index contributed by atoms with van der Waals surface area (Å²) in [5.74, 6) is 1.58. The van der Waals surface area contributed by atoms with Gasteiger partial charge in [-0.25, -0.2) is 4.98 Å². The SMILES string of the molecule is c1nc(N2CCOCC2)nc2nc(N3CCOCC3)[nH]c12. The van der Waals surface area contributed by atoms with Gasteiger partial charge in [0.2, 0.25) is 11.9 Å². The fourth-order valence-corrected chi connectivity index (χ4v) is 2.63. The minimum absolute atomic E-state index is 0.716. The Morgan fingerprint density at radius 1 is 0.905 bits per heavy atom. The van der Waals surface area contributed by atoms with Crippen LogP contribution in [0, 0.1) is 0 Å². The Kier molecular flexibility index (Phi) is 3.32. The van der Waals surface area contributed by atoms with Gasteiger partial charge in [-0.15, -0.1) is 0 Å². The summed E-state index contributed by atoms with van der Waals surface area (Å²) in [6.07, 6.45) is 1.81. The standard InChI is InChI=1S/C13H18N6O2/c1-5-20-6-2-18(1)12-14-9-10-11(16-12)17-13(15-10)19-3-7-21-8-4-19/h9H,1-8H2,(H,14,15,16,17). The lowest BCUT2D eigenvalue weighted by Gasteiger charge is -2.26. The molecule has 0 atom stereocenters. The second kappa shape index (κ2) is 5.45. The summed E-state index contributed by atoms with van der Waals surface area (Å²) in [6.45, 7) is 6.27. The smallest absolute Gasteiger partial charge is 0.227 e. The summed E-state index contributed by atoms with van der Waals surface area (Å²) >= 11 is 0. The number of imidazole rings is 1. The minimum Gasteiger partial charge on any atom is -0.378 e. The molecule has 2 fully saturated rings. The predicted molar refractivity (Wildman–Crippen MR) is 77.7 cm³/mol. The number of nitrogens with zero attached hydrogens (tertiary/aromatic N) is 5. The highest BCUT2D eigenvalue weighted by atomic mass is 16.5. The molecule has 2 aliphatic heterocycles. The Morgan fingerprint density at radius 2 is 1.57 bits per heavy atom. The average Bonchev–Trinajstić information content (AvgIpc) is 2.99. The Labute approximate surface area is 122 Å². The predicted octanol–water partition coefficient (Wildman–Crippen LogP) is 0.0261. The van der Waals surface area contributed by atoms with Crippen LogP contribution in [-0.4, -0.2) is 72.5 Å². The molecule has 0 radical (unpaired) electrons. The third kappa shape index (κ3) is 2.52. The summed E-state index contributed by atoms with van der Waals surface area (Å²) in [5, 5.41) is 0. The van der Waals surface area contributed by atoms with Crippen molar-refractivity contribution in [1.29, 1.82) is 0 Å². The van der Waals surface area contributed by atoms with Gasteiger partial charge in [0.05, 0.1) is 32.6 Å². The monoisotopic (exact) mass is 290 g/mol. The van der Waals surface area contributed by atoms with Crippen LogP contribution in [0.5, 0.6) is 0 Å². The summed E-state index contributed by atoms with van der Waals surface area (Å²) in [5.41, 5.74) is 1.58. The number of ether oxygens (including phenoxy) is 2. The van der Waals surface area contributed by atoms with Crippen LogP contribution in [0.15, 0.2) is 6.20 Å². The van der Waals surface area contributed by atoms with E-state index in [9.17, 15) is 0 Å². The average molecular weight is 290 g/mol. The molecule has 8 nitrogen and oxygen atoms in total. The summed E-state index contributed by atoms with van der Waals surface area (Å²) in [7, 11) is 0. The first-order valence-corrected chi connectivity index (χ1v) is 7.28. The van der Waals surface area contributed by atoms with Crippen molar-refractivity contribution in [1.82, 2.24) is 19.9 Å². The van der Waals surface area contributed by atoms with E-state index in [-0.39, 0.29) is 0 Å². The normalized spacial score (nSPS) is 20.2. The van der Waals surface area contributed by atoms with E-state index in [0.717, 1.165) is 70.0 Å². The van der Waals surface area contributed by atoms with Crippen molar-refractivity contribution < 1.29 is 9.47 Å². The van der Waals surface area contributed by atoms with E-state index < -0.39 is 0 Å². The maximum atomic E-state index is 5.36. The van der Waals surface area contributed by atoms with Gasteiger partial charge in [-0.3, -0.25) is 0 Å². The van der Waals surface area contributed by atoms with Gasteiger partial charge in [0.1, 0.15) is 5.52 Å². The number of aromatic nitrogens is 4. The number of aromatic amines is 1. The Balaban J connectivity index is 1.61. The second-order valence-corrected chi connectivity index (χ2v) is 5.17. The number of fused-ring (bicyclic) bond motifs is 1. The van der Waals surface area contributed by atoms with Gasteiger partial charge < -0.3 is 24.3 Å². The van der Waals surface area contributed by atoms with Crippen molar-refractivity contribution >= 4 is 23.1 Å². The van der Waals surface area contributed by atoms with Gasteiger partial charge in [-0.05, 0) is 0 Å². The third-order valence-corrected chi connectivity index (χ3v) is 3.82. The number of morpholine rings is 2. The molecule has 2 aromatic heterocycles. The molecule has 112 valence electrons. The van der Waals surface area contributed by atoms with Gasteiger partial charge in [-0.2, -0.15) is 9.97 Å². The van der Waals surface area contributed by atoms with Gasteiger partial charge in [0.25, 0.3) is 0 Å². The number of hydrogen-bond donors (Lipinski definition) is 1. The largest absolute Gasteiger partial charge is 0.378 e. The Bertz CT molecular complexity index is 602. The van der Waals surface area contributed by atoms with Crippen molar-refractivity contribution in [3.8, 4) is 0 Å². The minimum atomic E-state index is 0.716. The van der Waals surface area contributed by atoms with E-state index in [1.54, 1.807) is 0 Å². The molecule has 0 bridgehead atoms. The van der Waals surface area contributed by atoms with Crippen LogP contribution in [0.4, 0.5) is 11.9 Å². The van der Waals surface area contributed by atoms with Crippen LogP contribution in [-0.2, 0) is 9.47 Å². The van der Waals surface area contributed by atoms with E-state index in [1.165, 1.54) is 0 Å². The van der Waals surface area contributed by atoms with Crippen LogP contribution in [0.1, 0.15) is 0 Å². The molecule has 21 heavy (non-hydrogen) atoms. The second-order valence-electron chi connectivity index (χ2n) is 5.17. The molecule has 2 aromatic rings. The van der Waals surface area contributed by atoms with Gasteiger partial charge in [0, 0.05) is 26.2 Å². The van der Waals surface area contributed by atoms with Gasteiger partial charge in [-0.1, -0.05) is 0 Å². The van der Waals surface area contributed by atoms with E-state index >= 15 is 0 Å². The molecule has 0 aromatic carbocycles. The maximum absolute atomic E-state index is 5.36. The Hall–Kier alpha value is -1.93. The summed E-state index contributed by atoms with van der Waals surface area (Å²) in [4.78, 5) is 21.2. The molecule has 8 heteroatoms. The van der Waals surface area contributed by atoms with Gasteiger partial charge in [0.15, 0.2) is 5.65 Å². The molecule has 0 saturated carbocycles. The van der Waals surface area contributed by atoms with Crippen LogP contribution in [0.3, 0.4) is 0 Å². The van der Waals surface area contributed by atoms with Crippen LogP contribution in [0.2, 0.25) is 0 Å². The van der Waals surface area contributed by atoms with Crippen molar-refractivity contribution in [2.24, 2.45) is 0 Å². The lowest BCUT2D eigenvalue weighted by atomic mass is 10.4. The molecule has 4 rings (SSSR count). The molecule has 1 N–H and O–H groups in total. The van der Waals surface area contributed by atoms with E-state index in [2.05, 4.69) is 29.7 Å². The molecule has 0 unspecified atom stereocenters. The van der Waals surface area contributed by atoms with Crippen molar-refractivity contribution in [2.45, 2.75) is 0 Å². The molecular weight excluding hydrogens is 272 g/mol. The zero-order valence-electron chi connectivity index (χ0n) is 11.8. The first-order chi connectivity index (χ1) is 10.4. The molecule has 2 saturated heterocycles. The number of anilines is 2. The number of H-pyrrole nitrogens is 1. The lowest BCUT2D eigenvalue weighted by molar-refractivity contribution is 0.122. The first-order valence-electron chi connectivity index (χ1n) is 7.28. The molecular formula is C13H18N6O2. The highest BCUT2D eigenvalue weighted by molar-refractivity contribution is 5.73. The molecule has 0 amide bonds. The van der Waals surface area contributed by atoms with Crippen LogP contribution >= 0.6 is 0 Å². The highest BCUT2D eigenvalue weighted by Crippen LogP contribution is 2.19. The van der Waals surface area contributed by atoms with Crippen molar-refractivity contribution in [3.05, 3.63) is 6.20 Å². The quantitative estimate of drug-likeness (QED) is 0.835. The fraction of sp³-hybridized carbons (Fsp3) is 0.615. The van der Waals surface area contributed by atoms with Crippen molar-refractivity contribution in [2.75, 3.05) is 62.4 Å². The van der Waals surface area contributed by atoms with E-state index in [0.29, 0.717) is 5.65 Å². The summed E-state index contributed by atoms with van der Waals surface area (Å²) < 4.78 is 10.7. The van der Waals surface area contributed by atoms with E-state index in [1.807, 2.05) is 6.20 Å². The van der Waals surface area contributed by atoms with Crippen LogP contribution in [0.25, 0.3) is 11.2 Å². The first kappa shape index (κ1) is 12.8. The van der Waals surface area contributed by atoms with E-state index in [4.69, 9.17) is 9.47 Å². The van der Waals surface area contributed by atoms with Gasteiger partial charge >= 0.3 is 0 Å². The number of nitrogens with one attached hydrogen (secondary N) is 1.